The van der Waals surface area contributed by atoms with Crippen molar-refractivity contribution < 1.29 is 14.4 Å². The van der Waals surface area contributed by atoms with Crippen LogP contribution in [0.3, 0.4) is 0 Å². The van der Waals surface area contributed by atoms with Gasteiger partial charge < -0.3 is 5.32 Å². The lowest BCUT2D eigenvalue weighted by atomic mass is 9.85. The van der Waals surface area contributed by atoms with Crippen molar-refractivity contribution in [2.24, 2.45) is 11.8 Å². The van der Waals surface area contributed by atoms with E-state index < -0.39 is 11.9 Å². The molecule has 1 N–H and O–H groups in total. The van der Waals surface area contributed by atoms with Gasteiger partial charge in [-0.1, -0.05) is 18.2 Å². The second kappa shape index (κ2) is 7.80. The quantitative estimate of drug-likeness (QED) is 0.595. The molecule has 2 aromatic rings. The number of imide groups is 1. The van der Waals surface area contributed by atoms with Crippen LogP contribution in [0.15, 0.2) is 29.7 Å². The van der Waals surface area contributed by atoms with Crippen LogP contribution in [0.1, 0.15) is 36.5 Å². The van der Waals surface area contributed by atoms with Crippen LogP contribution < -0.4 is 5.32 Å². The summed E-state index contributed by atoms with van der Waals surface area (Å²) in [5, 5.41) is 5.15. The number of rotatable bonds is 4. The molecule has 0 spiro atoms. The highest BCUT2D eigenvalue weighted by Gasteiger charge is 2.50. The summed E-state index contributed by atoms with van der Waals surface area (Å²) >= 11 is 1.33. The lowest BCUT2D eigenvalue weighted by Crippen LogP contribution is -2.46. The minimum Gasteiger partial charge on any atom is -0.300 e. The second-order valence-corrected chi connectivity index (χ2v) is 9.01. The molecule has 1 fully saturated rings. The van der Waals surface area contributed by atoms with E-state index in [1.165, 1.54) is 22.5 Å². The summed E-state index contributed by atoms with van der Waals surface area (Å²) in [7, 11) is 0. The first-order valence-corrected chi connectivity index (χ1v) is 11.0. The normalized spacial score (nSPS) is 21.7. The number of carbonyl (C=O) groups excluding carboxylic acids is 3. The van der Waals surface area contributed by atoms with Gasteiger partial charge in [0.1, 0.15) is 6.04 Å². The van der Waals surface area contributed by atoms with Gasteiger partial charge in [-0.25, -0.2) is 4.98 Å². The van der Waals surface area contributed by atoms with E-state index in [1.54, 1.807) is 6.92 Å². The first-order valence-electron chi connectivity index (χ1n) is 10.1. The van der Waals surface area contributed by atoms with Gasteiger partial charge >= 0.3 is 0 Å². The number of aryl methyl sites for hydroxylation is 3. The number of anilines is 1. The maximum absolute atomic E-state index is 12.8. The highest BCUT2D eigenvalue weighted by atomic mass is 32.1. The summed E-state index contributed by atoms with van der Waals surface area (Å²) in [6, 6.07) is 3.36. The molecule has 1 saturated heterocycles. The zero-order chi connectivity index (χ0) is 21.6. The summed E-state index contributed by atoms with van der Waals surface area (Å²) in [5.74, 6) is -1.57. The van der Waals surface area contributed by atoms with E-state index in [-0.39, 0.29) is 23.7 Å². The molecule has 2 heterocycles. The average molecular weight is 424 g/mol. The average Bonchev–Trinajstić information content (AvgIpc) is 3.27. The monoisotopic (exact) mass is 423 g/mol. The topological polar surface area (TPSA) is 79.4 Å². The zero-order valence-electron chi connectivity index (χ0n) is 17.6. The van der Waals surface area contributed by atoms with Gasteiger partial charge in [0.15, 0.2) is 5.13 Å². The predicted octanol–water partition coefficient (Wildman–Crippen LogP) is 4.01. The molecule has 2 aliphatic rings. The largest absolute Gasteiger partial charge is 0.300 e. The molecule has 7 heteroatoms. The van der Waals surface area contributed by atoms with Gasteiger partial charge in [-0.2, -0.15) is 0 Å². The Morgan fingerprint density at radius 2 is 1.67 bits per heavy atom. The van der Waals surface area contributed by atoms with Crippen molar-refractivity contribution in [2.75, 3.05) is 5.32 Å². The summed E-state index contributed by atoms with van der Waals surface area (Å²) < 4.78 is 0. The molecular formula is C23H25N3O3S. The van der Waals surface area contributed by atoms with Gasteiger partial charge in [-0.15, -0.1) is 11.3 Å². The Kier molecular flexibility index (Phi) is 5.32. The van der Waals surface area contributed by atoms with Gasteiger partial charge in [0.05, 0.1) is 17.5 Å². The van der Waals surface area contributed by atoms with Crippen molar-refractivity contribution in [3.8, 4) is 11.3 Å². The van der Waals surface area contributed by atoms with Crippen LogP contribution in [0.5, 0.6) is 0 Å². The molecule has 0 bridgehead atoms. The van der Waals surface area contributed by atoms with Gasteiger partial charge in [0.2, 0.25) is 17.7 Å². The zero-order valence-corrected chi connectivity index (χ0v) is 18.4. The van der Waals surface area contributed by atoms with Crippen molar-refractivity contribution in [3.63, 3.8) is 0 Å². The fraction of sp³-hybridized carbons (Fsp3) is 0.391. The number of nitrogens with one attached hydrogen (secondary N) is 1. The SMILES string of the molecule is Cc1cc(C)c(-c2csc(NC(=O)[C@H](C)N3C(=O)[C@H]4CC=CC[C@@H]4C3=O)n2)cc1C. The number of hydrogen-bond acceptors (Lipinski definition) is 5. The van der Waals surface area contributed by atoms with Crippen LogP contribution in [0.4, 0.5) is 5.13 Å². The molecule has 1 aliphatic carbocycles. The van der Waals surface area contributed by atoms with Crippen LogP contribution >= 0.6 is 11.3 Å². The third kappa shape index (κ3) is 3.47. The second-order valence-electron chi connectivity index (χ2n) is 8.16. The molecule has 0 radical (unpaired) electrons. The number of fused-ring (bicyclic) bond motifs is 1. The fourth-order valence-corrected chi connectivity index (χ4v) is 4.94. The van der Waals surface area contributed by atoms with E-state index in [1.807, 2.05) is 24.5 Å². The van der Waals surface area contributed by atoms with Gasteiger partial charge in [-0.05, 0) is 63.3 Å². The molecule has 4 rings (SSSR count). The fourth-order valence-electron chi connectivity index (χ4n) is 4.23. The number of aromatic nitrogens is 1. The molecule has 156 valence electrons. The molecule has 0 unspecified atom stereocenters. The summed E-state index contributed by atoms with van der Waals surface area (Å²) in [5.41, 5.74) is 5.37. The molecule has 1 aromatic heterocycles. The minimum absolute atomic E-state index is 0.248. The van der Waals surface area contributed by atoms with Crippen molar-refractivity contribution in [1.29, 1.82) is 0 Å². The number of carbonyl (C=O) groups is 3. The molecule has 3 amide bonds. The molecule has 0 saturated carbocycles. The van der Waals surface area contributed by atoms with Crippen molar-refractivity contribution >= 4 is 34.2 Å². The third-order valence-electron chi connectivity index (χ3n) is 6.16. The number of nitrogens with zero attached hydrogens (tertiary/aromatic N) is 2. The maximum Gasteiger partial charge on any atom is 0.249 e. The third-order valence-corrected chi connectivity index (χ3v) is 6.92. The Balaban J connectivity index is 1.49. The summed E-state index contributed by atoms with van der Waals surface area (Å²) in [4.78, 5) is 43.9. The molecule has 3 atom stereocenters. The Labute approximate surface area is 180 Å². The lowest BCUT2D eigenvalue weighted by molar-refractivity contribution is -0.146. The molecule has 30 heavy (non-hydrogen) atoms. The van der Waals surface area contributed by atoms with Crippen LogP contribution in [-0.2, 0) is 14.4 Å². The summed E-state index contributed by atoms with van der Waals surface area (Å²) in [6.45, 7) is 7.78. The standard InChI is InChI=1S/C23H25N3O3S/c1-12-9-14(3)18(10-13(12)2)19-11-30-23(24-19)25-20(27)15(4)26-21(28)16-7-5-6-8-17(16)22(26)29/h5-6,9-11,15-17H,7-8H2,1-4H3,(H,24,25,27)/t15-,16-,17-/m0/s1. The molecule has 6 nitrogen and oxygen atoms in total. The van der Waals surface area contributed by atoms with Crippen LogP contribution in [0.25, 0.3) is 11.3 Å². The smallest absolute Gasteiger partial charge is 0.249 e. The Morgan fingerprint density at radius 3 is 2.30 bits per heavy atom. The molecule has 1 aliphatic heterocycles. The van der Waals surface area contributed by atoms with Crippen LogP contribution in [0, 0.1) is 32.6 Å². The van der Waals surface area contributed by atoms with Gasteiger partial charge in [0, 0.05) is 10.9 Å². The van der Waals surface area contributed by atoms with E-state index in [4.69, 9.17) is 0 Å². The van der Waals surface area contributed by atoms with E-state index >= 15 is 0 Å². The lowest BCUT2D eigenvalue weighted by Gasteiger charge is -2.21. The van der Waals surface area contributed by atoms with E-state index in [2.05, 4.69) is 36.3 Å². The summed E-state index contributed by atoms with van der Waals surface area (Å²) in [6.07, 6.45) is 5.00. The van der Waals surface area contributed by atoms with E-state index in [0.717, 1.165) is 21.7 Å². The highest BCUT2D eigenvalue weighted by Crippen LogP contribution is 2.36. The van der Waals surface area contributed by atoms with Gasteiger partial charge in [0.25, 0.3) is 0 Å². The Bertz CT molecular complexity index is 1050. The minimum atomic E-state index is -0.869. The number of hydrogen-bond donors (Lipinski definition) is 1. The van der Waals surface area contributed by atoms with Gasteiger partial charge in [-0.3, -0.25) is 19.3 Å². The number of thiazole rings is 1. The Hall–Kier alpha value is -2.80. The predicted molar refractivity (Wildman–Crippen MR) is 117 cm³/mol. The van der Waals surface area contributed by atoms with Crippen LogP contribution in [0.2, 0.25) is 0 Å². The number of likely N-dealkylation sites (tertiary alicyclic amines) is 1. The van der Waals surface area contributed by atoms with E-state index in [9.17, 15) is 14.4 Å². The van der Waals surface area contributed by atoms with Crippen LogP contribution in [-0.4, -0.2) is 33.6 Å². The highest BCUT2D eigenvalue weighted by molar-refractivity contribution is 7.14. The number of allylic oxidation sites excluding steroid dienone is 2. The maximum atomic E-state index is 12.8. The van der Waals surface area contributed by atoms with Crippen molar-refractivity contribution in [1.82, 2.24) is 9.88 Å². The molecular weight excluding hydrogens is 398 g/mol. The number of amides is 3. The van der Waals surface area contributed by atoms with E-state index in [0.29, 0.717) is 18.0 Å². The number of benzene rings is 1. The first kappa shape index (κ1) is 20.5. The van der Waals surface area contributed by atoms with Crippen molar-refractivity contribution in [3.05, 3.63) is 46.4 Å². The molecule has 1 aromatic carbocycles. The van der Waals surface area contributed by atoms with Crippen molar-refractivity contribution in [2.45, 2.75) is 46.6 Å². The first-order chi connectivity index (χ1) is 14.3. The Morgan fingerprint density at radius 1 is 1.07 bits per heavy atom.